The van der Waals surface area contributed by atoms with E-state index in [9.17, 15) is 9.59 Å². The molecule has 0 aromatic carbocycles. The van der Waals surface area contributed by atoms with E-state index in [0.717, 1.165) is 22.5 Å². The average Bonchev–Trinajstić information content (AvgIpc) is 2.54. The van der Waals surface area contributed by atoms with Crippen LogP contribution in [-0.4, -0.2) is 28.5 Å². The van der Waals surface area contributed by atoms with Gasteiger partial charge in [-0.05, 0) is 44.0 Å². The summed E-state index contributed by atoms with van der Waals surface area (Å²) in [4.78, 5) is 28.4. The average molecular weight is 314 g/mol. The molecule has 0 atom stereocenters. The summed E-state index contributed by atoms with van der Waals surface area (Å²) >= 11 is 0. The number of pyridine rings is 2. The number of amides is 1. The summed E-state index contributed by atoms with van der Waals surface area (Å²) in [5.74, 6) is -0.345. The van der Waals surface area contributed by atoms with E-state index in [4.69, 9.17) is 0 Å². The fraction of sp³-hybridized carbons (Fsp3) is 0.353. The van der Waals surface area contributed by atoms with E-state index in [1.54, 1.807) is 25.5 Å². The number of anilines is 1. The maximum absolute atomic E-state index is 12.2. The molecule has 0 fully saturated rings. The molecule has 0 saturated carbocycles. The molecule has 2 heterocycles. The maximum Gasteiger partial charge on any atom is 0.263 e. The molecule has 0 unspecified atom stereocenters. The SMILES string of the molecule is Cc1cnccc1NCCNC(=O)c1cc(C)c(C)n(C)c1=O. The van der Waals surface area contributed by atoms with Gasteiger partial charge in [-0.15, -0.1) is 0 Å². The van der Waals surface area contributed by atoms with Crippen molar-refractivity contribution in [3.8, 4) is 0 Å². The van der Waals surface area contributed by atoms with E-state index in [0.29, 0.717) is 13.1 Å². The molecule has 2 aromatic rings. The quantitative estimate of drug-likeness (QED) is 0.821. The number of nitrogens with one attached hydrogen (secondary N) is 2. The minimum atomic E-state index is -0.345. The van der Waals surface area contributed by atoms with Crippen molar-refractivity contribution in [3.63, 3.8) is 0 Å². The zero-order valence-corrected chi connectivity index (χ0v) is 13.9. The molecule has 0 saturated heterocycles. The summed E-state index contributed by atoms with van der Waals surface area (Å²) in [7, 11) is 1.68. The maximum atomic E-state index is 12.2. The zero-order chi connectivity index (χ0) is 17.0. The van der Waals surface area contributed by atoms with Crippen LogP contribution in [0.5, 0.6) is 0 Å². The first-order valence-corrected chi connectivity index (χ1v) is 7.51. The van der Waals surface area contributed by atoms with Crippen LogP contribution in [0.3, 0.4) is 0 Å². The van der Waals surface area contributed by atoms with Crippen molar-refractivity contribution in [1.29, 1.82) is 0 Å². The Morgan fingerprint density at radius 1 is 1.22 bits per heavy atom. The molecule has 0 aliphatic heterocycles. The highest BCUT2D eigenvalue weighted by Crippen LogP contribution is 2.10. The van der Waals surface area contributed by atoms with Gasteiger partial charge in [0.15, 0.2) is 0 Å². The molecule has 23 heavy (non-hydrogen) atoms. The number of hydrogen-bond donors (Lipinski definition) is 2. The van der Waals surface area contributed by atoms with Crippen LogP contribution in [0.1, 0.15) is 27.2 Å². The Hall–Kier alpha value is -2.63. The Bertz CT molecular complexity index is 781. The van der Waals surface area contributed by atoms with Crippen LogP contribution < -0.4 is 16.2 Å². The van der Waals surface area contributed by atoms with Crippen molar-refractivity contribution >= 4 is 11.6 Å². The highest BCUT2D eigenvalue weighted by atomic mass is 16.2. The van der Waals surface area contributed by atoms with Crippen LogP contribution in [0, 0.1) is 20.8 Å². The van der Waals surface area contributed by atoms with E-state index >= 15 is 0 Å². The highest BCUT2D eigenvalue weighted by molar-refractivity contribution is 5.94. The molecular weight excluding hydrogens is 292 g/mol. The molecule has 6 heteroatoms. The number of carbonyl (C=O) groups is 1. The molecule has 0 aliphatic rings. The summed E-state index contributed by atoms with van der Waals surface area (Å²) in [6, 6.07) is 3.53. The van der Waals surface area contributed by atoms with Crippen molar-refractivity contribution < 1.29 is 4.79 Å². The number of aryl methyl sites for hydroxylation is 2. The van der Waals surface area contributed by atoms with Crippen molar-refractivity contribution in [2.75, 3.05) is 18.4 Å². The van der Waals surface area contributed by atoms with Crippen molar-refractivity contribution in [2.24, 2.45) is 7.05 Å². The van der Waals surface area contributed by atoms with Gasteiger partial charge < -0.3 is 15.2 Å². The molecule has 1 amide bonds. The van der Waals surface area contributed by atoms with Gasteiger partial charge in [-0.2, -0.15) is 0 Å². The lowest BCUT2D eigenvalue weighted by molar-refractivity contribution is 0.0953. The first kappa shape index (κ1) is 16.7. The van der Waals surface area contributed by atoms with Crippen LogP contribution >= 0.6 is 0 Å². The molecule has 2 rings (SSSR count). The van der Waals surface area contributed by atoms with E-state index in [1.165, 1.54) is 4.57 Å². The summed E-state index contributed by atoms with van der Waals surface area (Å²) in [5.41, 5.74) is 3.71. The summed E-state index contributed by atoms with van der Waals surface area (Å²) in [6.45, 7) is 6.71. The monoisotopic (exact) mass is 314 g/mol. The highest BCUT2D eigenvalue weighted by Gasteiger charge is 2.13. The molecule has 2 N–H and O–H groups in total. The van der Waals surface area contributed by atoms with Gasteiger partial charge in [-0.25, -0.2) is 0 Å². The van der Waals surface area contributed by atoms with Crippen LogP contribution in [0.15, 0.2) is 29.3 Å². The number of nitrogens with zero attached hydrogens (tertiary/aromatic N) is 2. The largest absolute Gasteiger partial charge is 0.383 e. The van der Waals surface area contributed by atoms with E-state index in [-0.39, 0.29) is 17.0 Å². The Labute approximate surface area is 135 Å². The Morgan fingerprint density at radius 2 is 1.96 bits per heavy atom. The van der Waals surface area contributed by atoms with Crippen molar-refractivity contribution in [1.82, 2.24) is 14.9 Å². The molecule has 122 valence electrons. The zero-order valence-electron chi connectivity index (χ0n) is 13.9. The predicted molar refractivity (Wildman–Crippen MR) is 91.0 cm³/mol. The lowest BCUT2D eigenvalue weighted by atomic mass is 10.1. The summed E-state index contributed by atoms with van der Waals surface area (Å²) in [6.07, 6.45) is 3.49. The van der Waals surface area contributed by atoms with Gasteiger partial charge in [-0.3, -0.25) is 14.6 Å². The number of carbonyl (C=O) groups excluding carboxylic acids is 1. The van der Waals surface area contributed by atoms with Crippen LogP contribution in [0.4, 0.5) is 5.69 Å². The number of hydrogen-bond acceptors (Lipinski definition) is 4. The second-order valence-electron chi connectivity index (χ2n) is 5.56. The molecule has 0 aliphatic carbocycles. The minimum absolute atomic E-state index is 0.177. The second kappa shape index (κ2) is 7.09. The van der Waals surface area contributed by atoms with Gasteiger partial charge in [0.25, 0.3) is 11.5 Å². The normalized spacial score (nSPS) is 10.4. The molecule has 0 spiro atoms. The lowest BCUT2D eigenvalue weighted by Crippen LogP contribution is -2.35. The molecule has 2 aromatic heterocycles. The van der Waals surface area contributed by atoms with E-state index < -0.39 is 0 Å². The van der Waals surface area contributed by atoms with Crippen LogP contribution in [0.25, 0.3) is 0 Å². The molecule has 6 nitrogen and oxygen atoms in total. The van der Waals surface area contributed by atoms with E-state index in [2.05, 4.69) is 15.6 Å². The smallest absolute Gasteiger partial charge is 0.263 e. The van der Waals surface area contributed by atoms with Gasteiger partial charge in [0.1, 0.15) is 5.56 Å². The number of aromatic nitrogens is 2. The van der Waals surface area contributed by atoms with Gasteiger partial charge in [0.2, 0.25) is 0 Å². The van der Waals surface area contributed by atoms with Gasteiger partial charge in [0.05, 0.1) is 0 Å². The third-order valence-electron chi connectivity index (χ3n) is 3.96. The van der Waals surface area contributed by atoms with Crippen molar-refractivity contribution in [2.45, 2.75) is 20.8 Å². The fourth-order valence-electron chi connectivity index (χ4n) is 2.28. The molecular formula is C17H22N4O2. The summed E-state index contributed by atoms with van der Waals surface area (Å²) in [5, 5.41) is 6.00. The molecule has 0 radical (unpaired) electrons. The second-order valence-corrected chi connectivity index (χ2v) is 5.56. The van der Waals surface area contributed by atoms with Gasteiger partial charge in [0, 0.05) is 43.9 Å². The van der Waals surface area contributed by atoms with Crippen molar-refractivity contribution in [3.05, 3.63) is 57.3 Å². The topological polar surface area (TPSA) is 76.0 Å². The standard InChI is InChI=1S/C17H22N4O2/c1-11-9-14(17(23)21(4)13(11)3)16(22)20-8-7-19-15-5-6-18-10-12(15)2/h5-6,9-10H,7-8H2,1-4H3,(H,18,19)(H,20,22). The van der Waals surface area contributed by atoms with Crippen LogP contribution in [0.2, 0.25) is 0 Å². The first-order chi connectivity index (χ1) is 10.9. The predicted octanol–water partition coefficient (Wildman–Crippen LogP) is 1.55. The Morgan fingerprint density at radius 3 is 2.65 bits per heavy atom. The van der Waals surface area contributed by atoms with Gasteiger partial charge in [-0.1, -0.05) is 0 Å². The first-order valence-electron chi connectivity index (χ1n) is 7.51. The number of rotatable bonds is 5. The third kappa shape index (κ3) is 3.77. The fourth-order valence-corrected chi connectivity index (χ4v) is 2.28. The van der Waals surface area contributed by atoms with E-state index in [1.807, 2.05) is 26.8 Å². The lowest BCUT2D eigenvalue weighted by Gasteiger charge is -2.12. The molecule has 0 bridgehead atoms. The third-order valence-corrected chi connectivity index (χ3v) is 3.96. The summed E-state index contributed by atoms with van der Waals surface area (Å²) < 4.78 is 1.50. The van der Waals surface area contributed by atoms with Gasteiger partial charge >= 0.3 is 0 Å². The Kier molecular flexibility index (Phi) is 5.16. The van der Waals surface area contributed by atoms with Crippen LogP contribution in [-0.2, 0) is 7.05 Å². The minimum Gasteiger partial charge on any atom is -0.383 e. The Balaban J connectivity index is 1.96.